The van der Waals surface area contributed by atoms with Crippen LogP contribution in [0.3, 0.4) is 0 Å². The molecule has 2 fully saturated rings. The van der Waals surface area contributed by atoms with Gasteiger partial charge in [0.2, 0.25) is 0 Å². The molecule has 0 atom stereocenters. The Kier molecular flexibility index (Phi) is 16.6. The Hall–Kier alpha value is 1.18. The Morgan fingerprint density at radius 3 is 1.19 bits per heavy atom. The zero-order chi connectivity index (χ0) is 22.0. The summed E-state index contributed by atoms with van der Waals surface area (Å²) in [6.07, 6.45) is 5.85. The molecule has 0 bridgehead atoms. The average Bonchev–Trinajstić information content (AvgIpc) is 3.47. The van der Waals surface area contributed by atoms with E-state index in [4.69, 9.17) is 4.08 Å². The fourth-order valence-electron chi connectivity index (χ4n) is 3.00. The first-order valence-corrected chi connectivity index (χ1v) is 15.9. The summed E-state index contributed by atoms with van der Waals surface area (Å²) in [6.45, 7) is 3.83. The van der Waals surface area contributed by atoms with E-state index in [1.807, 2.05) is 0 Å². The molecule has 2 saturated heterocycles. The van der Waals surface area contributed by atoms with Crippen LogP contribution < -0.4 is 24.6 Å². The van der Waals surface area contributed by atoms with Crippen LogP contribution in [-0.2, 0) is 48.8 Å². The fourth-order valence-corrected chi connectivity index (χ4v) is 9.34. The van der Waals surface area contributed by atoms with E-state index in [0.717, 1.165) is 0 Å². The summed E-state index contributed by atoms with van der Waals surface area (Å²) in [7, 11) is -4.66. The third-order valence-corrected chi connectivity index (χ3v) is 11.9. The van der Waals surface area contributed by atoms with Crippen molar-refractivity contribution < 1.29 is 73.1 Å². The van der Waals surface area contributed by atoms with Crippen molar-refractivity contribution in [1.29, 1.82) is 0 Å². The van der Waals surface area contributed by atoms with Crippen LogP contribution in [0.2, 0.25) is 0 Å². The molecule has 32 heavy (non-hydrogen) atoms. The van der Waals surface area contributed by atoms with Gasteiger partial charge in [-0.15, -0.1) is 0 Å². The standard InChI is InChI=1S/C14H14ClO4P.2C4H8S.2Au/c1-20(2,19-15(16,17)18,13-9-5-3-6-10-13)14-11-7-4-8-12-14;2*1-2-4-5-3-1;;/h3-12H,1-2H2;2*1-4H2;;/q-2;;;2*+1. The molecule has 188 valence electrons. The first kappa shape index (κ1) is 33.2. The van der Waals surface area contributed by atoms with Crippen LogP contribution in [0.15, 0.2) is 60.7 Å². The molecule has 2 aromatic carbocycles. The summed E-state index contributed by atoms with van der Waals surface area (Å²) in [5.41, 5.74) is 0. The van der Waals surface area contributed by atoms with Gasteiger partial charge < -0.3 is 0 Å². The molecule has 0 spiro atoms. The molecule has 0 aliphatic carbocycles. The van der Waals surface area contributed by atoms with Gasteiger partial charge in [0.15, 0.2) is 0 Å². The van der Waals surface area contributed by atoms with Gasteiger partial charge in [-0.1, -0.05) is 0 Å². The normalized spacial score (nSPS) is 16.6. The molecule has 0 radical (unpaired) electrons. The topological polar surface area (TPSA) is 78.4 Å². The van der Waals surface area contributed by atoms with Crippen LogP contribution in [0.1, 0.15) is 25.7 Å². The molecule has 2 aromatic rings. The van der Waals surface area contributed by atoms with Crippen molar-refractivity contribution in [1.82, 2.24) is 0 Å². The Balaban J connectivity index is 0.000000657. The van der Waals surface area contributed by atoms with Crippen molar-refractivity contribution in [2.75, 3.05) is 23.0 Å². The van der Waals surface area contributed by atoms with Gasteiger partial charge in [-0.2, -0.15) is 23.5 Å². The summed E-state index contributed by atoms with van der Waals surface area (Å²) < 4.78 is 38.3. The molecule has 0 aromatic heterocycles. The summed E-state index contributed by atoms with van der Waals surface area (Å²) in [4.78, 5) is 0. The number of benzene rings is 2. The second-order valence-corrected chi connectivity index (χ2v) is 14.8. The van der Waals surface area contributed by atoms with Crippen molar-refractivity contribution in [3.05, 3.63) is 74.0 Å². The van der Waals surface area contributed by atoms with Crippen LogP contribution >= 0.6 is 30.4 Å². The molecule has 2 aliphatic rings. The SMILES string of the molecule is C1CCSC1.C1CCSC1.[Au+].[Au+].[CH2-]P([CH2-])(O[Cl+3]([O-])([O-])[O-])(c1ccccc1)c1ccccc1. The summed E-state index contributed by atoms with van der Waals surface area (Å²) in [5.74, 6) is 5.67. The average molecular weight is 883 g/mol. The van der Waals surface area contributed by atoms with Crippen LogP contribution in [0.4, 0.5) is 0 Å². The summed E-state index contributed by atoms with van der Waals surface area (Å²) in [5, 5.41) is 0.966. The Labute approximate surface area is 234 Å². The predicted octanol–water partition coefficient (Wildman–Crippen LogP) is 2.62. The summed E-state index contributed by atoms with van der Waals surface area (Å²) in [6, 6.07) is 17.0. The van der Waals surface area contributed by atoms with E-state index in [1.165, 1.54) is 48.7 Å². The Bertz CT molecular complexity index is 676. The minimum absolute atomic E-state index is 0. The second-order valence-electron chi connectivity index (χ2n) is 7.17. The third kappa shape index (κ3) is 11.3. The van der Waals surface area contributed by atoms with Gasteiger partial charge in [0.25, 0.3) is 0 Å². The van der Waals surface area contributed by atoms with Gasteiger partial charge in [-0.3, -0.25) is 0 Å². The molecule has 2 aliphatic heterocycles. The number of halogens is 1. The van der Waals surface area contributed by atoms with Crippen molar-refractivity contribution in [3.63, 3.8) is 0 Å². The molecular formula is C22H30Au2ClO4PS2. The van der Waals surface area contributed by atoms with Gasteiger partial charge in [-0.05, 0) is 48.7 Å². The molecule has 10 heteroatoms. The molecule has 4 rings (SSSR count). The van der Waals surface area contributed by atoms with Crippen LogP contribution in [-0.4, -0.2) is 23.0 Å². The van der Waals surface area contributed by atoms with E-state index in [2.05, 4.69) is 36.9 Å². The van der Waals surface area contributed by atoms with E-state index in [9.17, 15) is 14.0 Å². The van der Waals surface area contributed by atoms with Gasteiger partial charge in [0, 0.05) is 0 Å². The van der Waals surface area contributed by atoms with Crippen LogP contribution in [0.5, 0.6) is 0 Å². The van der Waals surface area contributed by atoms with E-state index < -0.39 is 17.1 Å². The third-order valence-electron chi connectivity index (χ3n) is 4.62. The summed E-state index contributed by atoms with van der Waals surface area (Å²) >= 11 is 4.15. The zero-order valence-corrected chi connectivity index (χ0v) is 25.3. The first-order chi connectivity index (χ1) is 14.2. The predicted molar refractivity (Wildman–Crippen MR) is 124 cm³/mol. The number of hydrogen-bond donors (Lipinski definition) is 0. The molecule has 0 amide bonds. The molecule has 0 N–H and O–H groups in total. The van der Waals surface area contributed by atoms with Gasteiger partial charge in [0.1, 0.15) is 0 Å². The van der Waals surface area contributed by atoms with Gasteiger partial charge in [0.05, 0.1) is 0 Å². The van der Waals surface area contributed by atoms with E-state index in [1.54, 1.807) is 60.7 Å². The maximum absolute atomic E-state index is 11.1. The van der Waals surface area contributed by atoms with Crippen LogP contribution in [0.25, 0.3) is 0 Å². The molecule has 0 unspecified atom stereocenters. The van der Waals surface area contributed by atoms with E-state index >= 15 is 0 Å². The number of rotatable bonds is 4. The molecule has 0 saturated carbocycles. The molecular weight excluding hydrogens is 853 g/mol. The van der Waals surface area contributed by atoms with Crippen molar-refractivity contribution in [2.45, 2.75) is 25.7 Å². The van der Waals surface area contributed by atoms with Crippen molar-refractivity contribution in [2.24, 2.45) is 0 Å². The van der Waals surface area contributed by atoms with Crippen LogP contribution in [0, 0.1) is 23.6 Å². The van der Waals surface area contributed by atoms with Gasteiger partial charge in [-0.25, -0.2) is 0 Å². The zero-order valence-electron chi connectivity index (χ0n) is 17.7. The number of thioether (sulfide) groups is 2. The second kappa shape index (κ2) is 16.0. The quantitative estimate of drug-likeness (QED) is 0.268. The monoisotopic (exact) mass is 882 g/mol. The molecule has 2 heterocycles. The fraction of sp³-hybridized carbons (Fsp3) is 0.364. The Morgan fingerprint density at radius 1 is 0.656 bits per heavy atom. The van der Waals surface area contributed by atoms with Gasteiger partial charge >= 0.3 is 164 Å². The van der Waals surface area contributed by atoms with Crippen molar-refractivity contribution in [3.8, 4) is 0 Å². The first-order valence-electron chi connectivity index (χ1n) is 9.86. The Morgan fingerprint density at radius 2 is 0.969 bits per heavy atom. The van der Waals surface area contributed by atoms with E-state index in [0.29, 0.717) is 10.6 Å². The maximum atomic E-state index is 11.1. The van der Waals surface area contributed by atoms with Crippen molar-refractivity contribution >= 4 is 41.0 Å². The molecule has 4 nitrogen and oxygen atoms in total. The van der Waals surface area contributed by atoms with E-state index in [-0.39, 0.29) is 44.8 Å². The number of hydrogen-bond acceptors (Lipinski definition) is 6. The minimum atomic E-state index is -4.66.